The molecule has 26 heavy (non-hydrogen) atoms. The molecule has 3 heterocycles. The summed E-state index contributed by atoms with van der Waals surface area (Å²) in [5.74, 6) is 1.09. The van der Waals surface area contributed by atoms with Crippen LogP contribution in [0.1, 0.15) is 17.4 Å². The molecule has 2 aliphatic rings. The Morgan fingerprint density at radius 3 is 2.73 bits per heavy atom. The van der Waals surface area contributed by atoms with Crippen molar-refractivity contribution in [2.45, 2.75) is 6.92 Å². The molecule has 1 aromatic heterocycles. The zero-order valence-electron chi connectivity index (χ0n) is 14.8. The van der Waals surface area contributed by atoms with Gasteiger partial charge < -0.3 is 24.6 Å². The van der Waals surface area contributed by atoms with E-state index in [0.29, 0.717) is 22.9 Å². The SMILES string of the molecule is CCN1CCN(c2ccnc(C(=O)Nc3ccc4c(c3)OCO4)c2)CC1. The molecule has 136 valence electrons. The number of hydrogen-bond donors (Lipinski definition) is 1. The standard InChI is InChI=1S/C19H22N4O3/c1-2-22-7-9-23(10-8-22)15-5-6-20-16(12-15)19(24)21-14-3-4-17-18(11-14)26-13-25-17/h3-6,11-12H,2,7-10,13H2,1H3,(H,21,24). The van der Waals surface area contributed by atoms with Crippen LogP contribution in [0, 0.1) is 0 Å². The molecule has 2 aliphatic heterocycles. The average Bonchev–Trinajstić information content (AvgIpc) is 3.16. The highest BCUT2D eigenvalue weighted by atomic mass is 16.7. The van der Waals surface area contributed by atoms with E-state index in [4.69, 9.17) is 9.47 Å². The van der Waals surface area contributed by atoms with Crippen molar-refractivity contribution in [3.8, 4) is 11.5 Å². The topological polar surface area (TPSA) is 66.9 Å². The van der Waals surface area contributed by atoms with Gasteiger partial charge >= 0.3 is 0 Å². The molecule has 0 atom stereocenters. The first-order chi connectivity index (χ1) is 12.7. The molecule has 1 N–H and O–H groups in total. The number of nitrogens with zero attached hydrogens (tertiary/aromatic N) is 3. The number of nitrogens with one attached hydrogen (secondary N) is 1. The minimum absolute atomic E-state index is 0.210. The first-order valence-corrected chi connectivity index (χ1v) is 8.87. The fraction of sp³-hybridized carbons (Fsp3) is 0.368. The van der Waals surface area contributed by atoms with Crippen molar-refractivity contribution in [3.05, 3.63) is 42.2 Å². The van der Waals surface area contributed by atoms with E-state index in [1.807, 2.05) is 12.1 Å². The summed E-state index contributed by atoms with van der Waals surface area (Å²) in [5.41, 5.74) is 2.09. The van der Waals surface area contributed by atoms with Crippen molar-refractivity contribution in [2.75, 3.05) is 49.7 Å². The number of piperazine rings is 1. The monoisotopic (exact) mass is 354 g/mol. The minimum atomic E-state index is -0.238. The predicted octanol–water partition coefficient (Wildman–Crippen LogP) is 2.20. The number of amides is 1. The molecule has 0 spiro atoms. The van der Waals surface area contributed by atoms with Crippen LogP contribution in [0.5, 0.6) is 11.5 Å². The van der Waals surface area contributed by atoms with Crippen LogP contribution >= 0.6 is 0 Å². The summed E-state index contributed by atoms with van der Waals surface area (Å²) in [6.45, 7) is 7.47. The maximum atomic E-state index is 12.6. The van der Waals surface area contributed by atoms with E-state index in [2.05, 4.69) is 27.0 Å². The first kappa shape index (κ1) is 16.7. The molecule has 0 aliphatic carbocycles. The Morgan fingerprint density at radius 1 is 1.12 bits per heavy atom. The van der Waals surface area contributed by atoms with Crippen molar-refractivity contribution < 1.29 is 14.3 Å². The van der Waals surface area contributed by atoms with Gasteiger partial charge in [0.1, 0.15) is 5.69 Å². The van der Waals surface area contributed by atoms with Crippen LogP contribution < -0.4 is 19.7 Å². The summed E-state index contributed by atoms with van der Waals surface area (Å²) in [6.07, 6.45) is 1.69. The maximum Gasteiger partial charge on any atom is 0.274 e. The van der Waals surface area contributed by atoms with Gasteiger partial charge in [0, 0.05) is 49.8 Å². The van der Waals surface area contributed by atoms with Gasteiger partial charge in [-0.1, -0.05) is 6.92 Å². The smallest absolute Gasteiger partial charge is 0.274 e. The fourth-order valence-electron chi connectivity index (χ4n) is 3.23. The third-order valence-corrected chi connectivity index (χ3v) is 4.79. The number of hydrogen-bond acceptors (Lipinski definition) is 6. The number of fused-ring (bicyclic) bond motifs is 1. The average molecular weight is 354 g/mol. The van der Waals surface area contributed by atoms with E-state index >= 15 is 0 Å². The normalized spacial score (nSPS) is 16.6. The van der Waals surface area contributed by atoms with Gasteiger partial charge in [-0.2, -0.15) is 0 Å². The second-order valence-electron chi connectivity index (χ2n) is 6.34. The van der Waals surface area contributed by atoms with Crippen molar-refractivity contribution in [1.29, 1.82) is 0 Å². The number of ether oxygens (including phenoxy) is 2. The van der Waals surface area contributed by atoms with E-state index in [1.54, 1.807) is 24.4 Å². The van der Waals surface area contributed by atoms with Crippen molar-refractivity contribution in [3.63, 3.8) is 0 Å². The Morgan fingerprint density at radius 2 is 1.92 bits per heavy atom. The Labute approximate surface area is 152 Å². The van der Waals surface area contributed by atoms with Gasteiger partial charge in [-0.3, -0.25) is 9.78 Å². The molecule has 1 aromatic carbocycles. The zero-order chi connectivity index (χ0) is 17.9. The number of carbonyl (C=O) groups excluding carboxylic acids is 1. The van der Waals surface area contributed by atoms with Crippen LogP contribution in [0.3, 0.4) is 0 Å². The minimum Gasteiger partial charge on any atom is -0.454 e. The van der Waals surface area contributed by atoms with E-state index in [-0.39, 0.29) is 12.7 Å². The lowest BCUT2D eigenvalue weighted by Gasteiger charge is -2.35. The number of carbonyl (C=O) groups is 1. The predicted molar refractivity (Wildman–Crippen MR) is 99.1 cm³/mol. The van der Waals surface area contributed by atoms with Crippen LogP contribution in [0.25, 0.3) is 0 Å². The van der Waals surface area contributed by atoms with Gasteiger partial charge in [0.05, 0.1) is 0 Å². The van der Waals surface area contributed by atoms with E-state index in [0.717, 1.165) is 38.4 Å². The van der Waals surface area contributed by atoms with E-state index in [9.17, 15) is 4.79 Å². The van der Waals surface area contributed by atoms with Gasteiger partial charge in [0.2, 0.25) is 6.79 Å². The lowest BCUT2D eigenvalue weighted by Crippen LogP contribution is -2.46. The van der Waals surface area contributed by atoms with Gasteiger partial charge in [-0.15, -0.1) is 0 Å². The second-order valence-corrected chi connectivity index (χ2v) is 6.34. The second kappa shape index (κ2) is 7.21. The van der Waals surface area contributed by atoms with Crippen LogP contribution in [0.15, 0.2) is 36.5 Å². The van der Waals surface area contributed by atoms with Gasteiger partial charge in [-0.25, -0.2) is 0 Å². The third-order valence-electron chi connectivity index (χ3n) is 4.79. The van der Waals surface area contributed by atoms with Crippen molar-refractivity contribution in [1.82, 2.24) is 9.88 Å². The Hall–Kier alpha value is -2.80. The number of anilines is 2. The van der Waals surface area contributed by atoms with Crippen molar-refractivity contribution in [2.24, 2.45) is 0 Å². The summed E-state index contributed by atoms with van der Waals surface area (Å²) in [5, 5.41) is 2.87. The Balaban J connectivity index is 1.45. The molecule has 7 heteroatoms. The van der Waals surface area contributed by atoms with Crippen molar-refractivity contribution >= 4 is 17.3 Å². The zero-order valence-corrected chi connectivity index (χ0v) is 14.8. The molecule has 2 aromatic rings. The number of benzene rings is 1. The summed E-state index contributed by atoms with van der Waals surface area (Å²) >= 11 is 0. The van der Waals surface area contributed by atoms with Gasteiger partial charge in [0.15, 0.2) is 11.5 Å². The number of likely N-dealkylation sites (N-methyl/N-ethyl adjacent to an activating group) is 1. The summed E-state index contributed by atoms with van der Waals surface area (Å²) in [4.78, 5) is 21.5. The highest BCUT2D eigenvalue weighted by molar-refractivity contribution is 6.03. The summed E-state index contributed by atoms with van der Waals surface area (Å²) < 4.78 is 10.6. The highest BCUT2D eigenvalue weighted by Gasteiger charge is 2.18. The van der Waals surface area contributed by atoms with Gasteiger partial charge in [-0.05, 0) is 30.8 Å². The number of rotatable bonds is 4. The lowest BCUT2D eigenvalue weighted by atomic mass is 10.2. The molecule has 1 saturated heterocycles. The van der Waals surface area contributed by atoms with E-state index in [1.165, 1.54) is 0 Å². The molecule has 0 bridgehead atoms. The molecule has 0 unspecified atom stereocenters. The molecule has 1 amide bonds. The summed E-state index contributed by atoms with van der Waals surface area (Å²) in [6, 6.07) is 9.14. The Kier molecular flexibility index (Phi) is 4.62. The molecule has 7 nitrogen and oxygen atoms in total. The molecular weight excluding hydrogens is 332 g/mol. The molecule has 1 fully saturated rings. The van der Waals surface area contributed by atoms with Crippen LogP contribution in [0.4, 0.5) is 11.4 Å². The molecule has 4 rings (SSSR count). The Bertz CT molecular complexity index is 803. The number of pyridine rings is 1. The molecule has 0 saturated carbocycles. The van der Waals surface area contributed by atoms with Gasteiger partial charge in [0.25, 0.3) is 5.91 Å². The first-order valence-electron chi connectivity index (χ1n) is 8.87. The highest BCUT2D eigenvalue weighted by Crippen LogP contribution is 2.34. The largest absolute Gasteiger partial charge is 0.454 e. The summed E-state index contributed by atoms with van der Waals surface area (Å²) in [7, 11) is 0. The molecular formula is C19H22N4O3. The lowest BCUT2D eigenvalue weighted by molar-refractivity contribution is 0.102. The fourth-order valence-corrected chi connectivity index (χ4v) is 3.23. The van der Waals surface area contributed by atoms with E-state index < -0.39 is 0 Å². The third kappa shape index (κ3) is 3.43. The maximum absolute atomic E-state index is 12.6. The number of aromatic nitrogens is 1. The molecule has 0 radical (unpaired) electrons. The van der Waals surface area contributed by atoms with Crippen LogP contribution in [-0.2, 0) is 0 Å². The van der Waals surface area contributed by atoms with Crippen LogP contribution in [-0.4, -0.2) is 55.3 Å². The quantitative estimate of drug-likeness (QED) is 0.908. The van der Waals surface area contributed by atoms with Crippen LogP contribution in [0.2, 0.25) is 0 Å².